The average Bonchev–Trinajstić information content (AvgIpc) is 3.37. The van der Waals surface area contributed by atoms with Crippen molar-refractivity contribution < 1.29 is 23.8 Å². The van der Waals surface area contributed by atoms with Gasteiger partial charge in [0.25, 0.3) is 5.78 Å². The first-order valence-electron chi connectivity index (χ1n) is 10.5. The lowest BCUT2D eigenvalue weighted by Gasteiger charge is -2.23. The van der Waals surface area contributed by atoms with Crippen molar-refractivity contribution in [2.45, 2.75) is 13.0 Å². The van der Waals surface area contributed by atoms with E-state index in [0.29, 0.717) is 27.5 Å². The van der Waals surface area contributed by atoms with Crippen LogP contribution in [0.25, 0.3) is 16.0 Å². The van der Waals surface area contributed by atoms with Crippen LogP contribution in [0.1, 0.15) is 22.7 Å². The quantitative estimate of drug-likeness (QED) is 0.244. The molecule has 1 aromatic heterocycles. The average molecular weight is 475 g/mol. The van der Waals surface area contributed by atoms with Crippen LogP contribution in [0, 0.1) is 12.7 Å². The Labute approximate surface area is 198 Å². The van der Waals surface area contributed by atoms with Gasteiger partial charge in [0.05, 0.1) is 28.9 Å². The zero-order valence-corrected chi connectivity index (χ0v) is 19.1. The van der Waals surface area contributed by atoms with Crippen molar-refractivity contribution in [3.05, 3.63) is 94.8 Å². The monoisotopic (exact) mass is 474 g/mol. The van der Waals surface area contributed by atoms with Crippen molar-refractivity contribution in [2.75, 3.05) is 12.0 Å². The van der Waals surface area contributed by atoms with Gasteiger partial charge in [-0.3, -0.25) is 14.5 Å². The first-order valence-corrected chi connectivity index (χ1v) is 11.3. The molecule has 0 saturated carbocycles. The molecule has 0 unspecified atom stereocenters. The van der Waals surface area contributed by atoms with E-state index < -0.39 is 23.5 Å². The third-order valence-corrected chi connectivity index (χ3v) is 6.73. The molecule has 1 aliphatic heterocycles. The van der Waals surface area contributed by atoms with Gasteiger partial charge in [0, 0.05) is 5.56 Å². The van der Waals surface area contributed by atoms with Gasteiger partial charge in [0.1, 0.15) is 17.3 Å². The molecule has 8 heteroatoms. The zero-order valence-electron chi connectivity index (χ0n) is 18.3. The number of hydrogen-bond acceptors (Lipinski definition) is 6. The second-order valence-corrected chi connectivity index (χ2v) is 8.93. The van der Waals surface area contributed by atoms with E-state index in [9.17, 15) is 19.1 Å². The largest absolute Gasteiger partial charge is 0.507 e. The van der Waals surface area contributed by atoms with Crippen molar-refractivity contribution in [3.63, 3.8) is 0 Å². The Morgan fingerprint density at radius 2 is 1.85 bits per heavy atom. The first-order chi connectivity index (χ1) is 16.4. The predicted molar refractivity (Wildman–Crippen MR) is 129 cm³/mol. The number of halogens is 1. The number of thiazole rings is 1. The Kier molecular flexibility index (Phi) is 5.37. The van der Waals surface area contributed by atoms with Gasteiger partial charge in [-0.25, -0.2) is 9.37 Å². The summed E-state index contributed by atoms with van der Waals surface area (Å²) in [6, 6.07) is 16.8. The third kappa shape index (κ3) is 3.62. The minimum atomic E-state index is -0.978. The lowest BCUT2D eigenvalue weighted by molar-refractivity contribution is -0.132. The number of ether oxygens (including phenoxy) is 1. The van der Waals surface area contributed by atoms with Crippen LogP contribution in [-0.2, 0) is 9.59 Å². The van der Waals surface area contributed by atoms with E-state index >= 15 is 0 Å². The highest BCUT2D eigenvalue weighted by Gasteiger charge is 2.48. The summed E-state index contributed by atoms with van der Waals surface area (Å²) in [6.07, 6.45) is 0. The molecular weight excluding hydrogens is 455 g/mol. The molecule has 1 N–H and O–H groups in total. The number of benzene rings is 3. The highest BCUT2D eigenvalue weighted by atomic mass is 32.1. The van der Waals surface area contributed by atoms with Gasteiger partial charge < -0.3 is 9.84 Å². The topological polar surface area (TPSA) is 79.7 Å². The molecule has 0 bridgehead atoms. The molecule has 34 heavy (non-hydrogen) atoms. The number of rotatable bonds is 4. The van der Waals surface area contributed by atoms with Crippen LogP contribution in [0.2, 0.25) is 0 Å². The summed E-state index contributed by atoms with van der Waals surface area (Å²) in [5.74, 6) is -1.97. The summed E-state index contributed by atoms with van der Waals surface area (Å²) in [5.41, 5.74) is 2.43. The number of nitrogens with zero attached hydrogens (tertiary/aromatic N) is 2. The minimum Gasteiger partial charge on any atom is -0.507 e. The fourth-order valence-electron chi connectivity index (χ4n) is 4.04. The number of aliphatic hydroxyl groups excluding tert-OH is 1. The Balaban J connectivity index is 1.73. The van der Waals surface area contributed by atoms with Gasteiger partial charge in [-0.2, -0.15) is 0 Å². The smallest absolute Gasteiger partial charge is 0.301 e. The normalized spacial score (nSPS) is 17.5. The Bertz CT molecular complexity index is 1480. The molecule has 1 fully saturated rings. The van der Waals surface area contributed by atoms with Crippen LogP contribution in [0.15, 0.2) is 72.3 Å². The molecular formula is C26H19FN2O4S. The predicted octanol–water partition coefficient (Wildman–Crippen LogP) is 5.38. The summed E-state index contributed by atoms with van der Waals surface area (Å²) in [6.45, 7) is 1.96. The van der Waals surface area contributed by atoms with Gasteiger partial charge in [-0.15, -0.1) is 0 Å². The molecule has 0 spiro atoms. The number of hydrogen-bond donors (Lipinski definition) is 1. The van der Waals surface area contributed by atoms with Gasteiger partial charge in [-0.1, -0.05) is 41.7 Å². The lowest BCUT2D eigenvalue weighted by atomic mass is 9.95. The number of aliphatic hydroxyl groups is 1. The number of aryl methyl sites for hydroxylation is 1. The number of anilines is 1. The number of carbonyl (C=O) groups excluding carboxylic acids is 2. The maximum Gasteiger partial charge on any atom is 0.301 e. The number of amides is 1. The zero-order chi connectivity index (χ0) is 24.0. The molecule has 1 aliphatic rings. The molecule has 1 amide bonds. The van der Waals surface area contributed by atoms with E-state index in [1.165, 1.54) is 47.6 Å². The van der Waals surface area contributed by atoms with E-state index in [1.807, 2.05) is 25.1 Å². The second-order valence-electron chi connectivity index (χ2n) is 7.92. The highest BCUT2D eigenvalue weighted by Crippen LogP contribution is 2.44. The van der Waals surface area contributed by atoms with E-state index in [1.54, 1.807) is 24.3 Å². The molecule has 4 aromatic rings. The summed E-state index contributed by atoms with van der Waals surface area (Å²) in [5, 5.41) is 11.5. The molecule has 3 aromatic carbocycles. The summed E-state index contributed by atoms with van der Waals surface area (Å²) >= 11 is 1.28. The number of aromatic nitrogens is 1. The van der Waals surface area contributed by atoms with Crippen molar-refractivity contribution in [2.24, 2.45) is 0 Å². The van der Waals surface area contributed by atoms with Crippen LogP contribution < -0.4 is 9.64 Å². The fraction of sp³-hybridized carbons (Fsp3) is 0.115. The third-order valence-electron chi connectivity index (χ3n) is 5.71. The van der Waals surface area contributed by atoms with Gasteiger partial charge in [0.2, 0.25) is 0 Å². The summed E-state index contributed by atoms with van der Waals surface area (Å²) in [7, 11) is 1.49. The van der Waals surface area contributed by atoms with Crippen LogP contribution in [0.3, 0.4) is 0 Å². The Morgan fingerprint density at radius 3 is 2.59 bits per heavy atom. The number of carbonyl (C=O) groups is 2. The minimum absolute atomic E-state index is 0.0969. The van der Waals surface area contributed by atoms with E-state index in [4.69, 9.17) is 4.74 Å². The summed E-state index contributed by atoms with van der Waals surface area (Å²) in [4.78, 5) is 32.4. The van der Waals surface area contributed by atoms with E-state index in [2.05, 4.69) is 4.98 Å². The molecule has 5 rings (SSSR count). The number of ketones is 1. The number of Topliss-reactive ketones (excluding diaryl/α,β-unsaturated/α-hetero) is 1. The van der Waals surface area contributed by atoms with Crippen molar-refractivity contribution in [1.82, 2.24) is 4.98 Å². The molecule has 6 nitrogen and oxygen atoms in total. The summed E-state index contributed by atoms with van der Waals surface area (Å²) < 4.78 is 19.8. The van der Waals surface area contributed by atoms with E-state index in [0.717, 1.165) is 10.3 Å². The molecule has 1 atom stereocenters. The lowest BCUT2D eigenvalue weighted by Crippen LogP contribution is -2.29. The van der Waals surface area contributed by atoms with Crippen LogP contribution >= 0.6 is 11.3 Å². The van der Waals surface area contributed by atoms with E-state index in [-0.39, 0.29) is 11.3 Å². The van der Waals surface area contributed by atoms with Crippen LogP contribution in [0.5, 0.6) is 5.75 Å². The van der Waals surface area contributed by atoms with Crippen LogP contribution in [0.4, 0.5) is 9.52 Å². The molecule has 1 saturated heterocycles. The van der Waals surface area contributed by atoms with Crippen molar-refractivity contribution in [1.29, 1.82) is 0 Å². The maximum atomic E-state index is 13.7. The standard InChI is InChI=1S/C26H19FN2O4S/c1-14-6-11-19-20(12-14)34-26(28-19)29-22(15-7-9-17(27)10-8-15)21(24(31)25(29)32)23(30)16-4-3-5-18(13-16)33-2/h3-13,22,30H,1-2H3/t22-/m0/s1. The highest BCUT2D eigenvalue weighted by molar-refractivity contribution is 7.22. The number of methoxy groups -OCH3 is 1. The molecule has 170 valence electrons. The first kappa shape index (κ1) is 21.8. The SMILES string of the molecule is COc1cccc(C(O)=C2C(=O)C(=O)N(c3nc4ccc(C)cc4s3)[C@H]2c2ccc(F)cc2)c1. The second kappa shape index (κ2) is 8.39. The molecule has 0 radical (unpaired) electrons. The van der Waals surface area contributed by atoms with Crippen LogP contribution in [-0.4, -0.2) is 28.9 Å². The Hall–Kier alpha value is -4.04. The van der Waals surface area contributed by atoms with Gasteiger partial charge >= 0.3 is 5.91 Å². The maximum absolute atomic E-state index is 13.7. The number of fused-ring (bicyclic) bond motifs is 1. The van der Waals surface area contributed by atoms with Gasteiger partial charge in [0.15, 0.2) is 5.13 Å². The van der Waals surface area contributed by atoms with Crippen molar-refractivity contribution in [3.8, 4) is 5.75 Å². The Morgan fingerprint density at radius 1 is 1.09 bits per heavy atom. The van der Waals surface area contributed by atoms with Gasteiger partial charge in [-0.05, 0) is 54.4 Å². The molecule has 0 aliphatic carbocycles. The fourth-order valence-corrected chi connectivity index (χ4v) is 5.13. The molecule has 2 heterocycles. The van der Waals surface area contributed by atoms with Crippen molar-refractivity contribution >= 4 is 44.1 Å².